The minimum Gasteiger partial charge on any atom is -0.378 e. The average molecular weight is 212 g/mol. The number of ketones is 1. The zero-order chi connectivity index (χ0) is 11.4. The molecule has 0 saturated heterocycles. The molecule has 0 spiro atoms. The summed E-state index contributed by atoms with van der Waals surface area (Å²) in [4.78, 5) is 11.1. The van der Waals surface area contributed by atoms with Gasteiger partial charge in [0, 0.05) is 20.6 Å². The largest absolute Gasteiger partial charge is 0.378 e. The van der Waals surface area contributed by atoms with Crippen LogP contribution in [-0.2, 0) is 14.3 Å². The summed E-state index contributed by atoms with van der Waals surface area (Å²) in [5, 5.41) is 0. The van der Waals surface area contributed by atoms with Gasteiger partial charge in [-0.1, -0.05) is 6.08 Å². The Morgan fingerprint density at radius 3 is 2.53 bits per heavy atom. The van der Waals surface area contributed by atoms with Crippen LogP contribution >= 0.6 is 0 Å². The predicted molar refractivity (Wildman–Crippen MR) is 58.8 cm³/mol. The highest BCUT2D eigenvalue weighted by molar-refractivity contribution is 5.76. The Hall–Kier alpha value is -0.670. The molecule has 0 aromatic rings. The first kappa shape index (κ1) is 12.4. The number of methoxy groups -OCH3 is 2. The van der Waals surface area contributed by atoms with Gasteiger partial charge in [0.15, 0.2) is 0 Å². The Kier molecular flexibility index (Phi) is 4.48. The van der Waals surface area contributed by atoms with Gasteiger partial charge in [-0.15, -0.1) is 0 Å². The van der Waals surface area contributed by atoms with Crippen LogP contribution in [0.2, 0.25) is 0 Å². The third-order valence-corrected chi connectivity index (χ3v) is 3.08. The van der Waals surface area contributed by atoms with Crippen molar-refractivity contribution in [1.29, 1.82) is 0 Å². The summed E-state index contributed by atoms with van der Waals surface area (Å²) in [7, 11) is 3.39. The molecule has 1 rings (SSSR count). The van der Waals surface area contributed by atoms with E-state index in [9.17, 15) is 4.79 Å². The molecule has 0 aliphatic heterocycles. The number of hydrogen-bond donors (Lipinski definition) is 0. The lowest BCUT2D eigenvalue weighted by Gasteiger charge is -2.17. The van der Waals surface area contributed by atoms with Crippen LogP contribution in [-0.4, -0.2) is 32.2 Å². The molecule has 1 fully saturated rings. The molecule has 1 aliphatic rings. The topological polar surface area (TPSA) is 35.5 Å². The maximum absolute atomic E-state index is 11.1. The Morgan fingerprint density at radius 1 is 1.47 bits per heavy atom. The summed E-state index contributed by atoms with van der Waals surface area (Å²) in [5.41, 5.74) is 1.21. The maximum Gasteiger partial charge on any atom is 0.130 e. The molecule has 15 heavy (non-hydrogen) atoms. The lowest BCUT2D eigenvalue weighted by Crippen LogP contribution is -2.24. The van der Waals surface area contributed by atoms with Crippen LogP contribution in [0.1, 0.15) is 26.7 Å². The van der Waals surface area contributed by atoms with Gasteiger partial charge in [-0.05, 0) is 31.8 Å². The van der Waals surface area contributed by atoms with Crippen molar-refractivity contribution in [1.82, 2.24) is 0 Å². The zero-order valence-corrected chi connectivity index (χ0v) is 9.95. The standard InChI is InChI=1S/C12H20O3/c1-5-10-9(6-8(2)13)7-11(14-3)12(10)15-4/h5,9,11-12H,6-7H2,1-4H3/b10-5+/t9-,11-,12+/m1/s1. The Labute approximate surface area is 91.4 Å². The number of carbonyl (C=O) groups is 1. The summed E-state index contributed by atoms with van der Waals surface area (Å²) < 4.78 is 10.8. The van der Waals surface area contributed by atoms with Crippen molar-refractivity contribution in [3.05, 3.63) is 11.6 Å². The second kappa shape index (κ2) is 5.42. The van der Waals surface area contributed by atoms with E-state index < -0.39 is 0 Å². The van der Waals surface area contributed by atoms with Crippen LogP contribution in [0.3, 0.4) is 0 Å². The first-order valence-electron chi connectivity index (χ1n) is 5.35. The molecule has 0 unspecified atom stereocenters. The second-order valence-corrected chi connectivity index (χ2v) is 4.06. The van der Waals surface area contributed by atoms with Crippen molar-refractivity contribution in [3.63, 3.8) is 0 Å². The molecule has 0 aromatic carbocycles. The van der Waals surface area contributed by atoms with Gasteiger partial charge in [0.05, 0.1) is 6.10 Å². The third-order valence-electron chi connectivity index (χ3n) is 3.08. The van der Waals surface area contributed by atoms with E-state index in [1.807, 2.05) is 6.92 Å². The van der Waals surface area contributed by atoms with Gasteiger partial charge in [0.1, 0.15) is 11.9 Å². The number of hydrogen-bond acceptors (Lipinski definition) is 3. The Balaban J connectivity index is 2.79. The van der Waals surface area contributed by atoms with E-state index in [1.54, 1.807) is 21.1 Å². The molecule has 0 bridgehead atoms. The van der Waals surface area contributed by atoms with Crippen LogP contribution in [0, 0.1) is 5.92 Å². The highest BCUT2D eigenvalue weighted by Crippen LogP contribution is 2.37. The van der Waals surface area contributed by atoms with Crippen molar-refractivity contribution in [3.8, 4) is 0 Å². The van der Waals surface area contributed by atoms with Crippen LogP contribution < -0.4 is 0 Å². The molecule has 0 radical (unpaired) electrons. The first-order valence-corrected chi connectivity index (χ1v) is 5.35. The molecule has 0 aromatic heterocycles. The van der Waals surface area contributed by atoms with Gasteiger partial charge >= 0.3 is 0 Å². The second-order valence-electron chi connectivity index (χ2n) is 4.06. The maximum atomic E-state index is 11.1. The molecule has 1 saturated carbocycles. The summed E-state index contributed by atoms with van der Waals surface area (Å²) >= 11 is 0. The molecular formula is C12H20O3. The van der Waals surface area contributed by atoms with Crippen molar-refractivity contribution in [2.75, 3.05) is 14.2 Å². The van der Waals surface area contributed by atoms with Gasteiger partial charge in [0.2, 0.25) is 0 Å². The highest BCUT2D eigenvalue weighted by atomic mass is 16.5. The molecule has 86 valence electrons. The van der Waals surface area contributed by atoms with Crippen molar-refractivity contribution >= 4 is 5.78 Å². The van der Waals surface area contributed by atoms with Crippen molar-refractivity contribution in [2.45, 2.75) is 38.9 Å². The zero-order valence-electron chi connectivity index (χ0n) is 9.95. The first-order chi connectivity index (χ1) is 7.13. The number of carbonyl (C=O) groups excluding carboxylic acids is 1. The normalized spacial score (nSPS) is 33.6. The number of rotatable bonds is 4. The van der Waals surface area contributed by atoms with Crippen molar-refractivity contribution in [2.24, 2.45) is 5.92 Å². The van der Waals surface area contributed by atoms with E-state index in [0.29, 0.717) is 12.3 Å². The van der Waals surface area contributed by atoms with Crippen LogP contribution in [0.25, 0.3) is 0 Å². The molecule has 3 heteroatoms. The van der Waals surface area contributed by atoms with Gasteiger partial charge in [0.25, 0.3) is 0 Å². The van der Waals surface area contributed by atoms with Gasteiger partial charge in [-0.2, -0.15) is 0 Å². The smallest absolute Gasteiger partial charge is 0.130 e. The SMILES string of the molecule is C/C=C1\[C@H](CC(C)=O)C[C@@H](OC)[C@H]1OC. The summed E-state index contributed by atoms with van der Waals surface area (Å²) in [5.74, 6) is 0.522. The number of ether oxygens (including phenoxy) is 2. The molecule has 0 amide bonds. The molecular weight excluding hydrogens is 192 g/mol. The fraction of sp³-hybridized carbons (Fsp3) is 0.750. The monoisotopic (exact) mass is 212 g/mol. The van der Waals surface area contributed by atoms with E-state index in [1.165, 1.54) is 5.57 Å². The molecule has 0 heterocycles. The molecule has 3 nitrogen and oxygen atoms in total. The Morgan fingerprint density at radius 2 is 2.13 bits per heavy atom. The minimum absolute atomic E-state index is 0.0179. The van der Waals surface area contributed by atoms with Crippen LogP contribution in [0.5, 0.6) is 0 Å². The fourth-order valence-corrected chi connectivity index (χ4v) is 2.44. The summed E-state index contributed by atoms with van der Waals surface area (Å²) in [6, 6.07) is 0. The number of allylic oxidation sites excluding steroid dienone is 1. The van der Waals surface area contributed by atoms with E-state index in [0.717, 1.165) is 6.42 Å². The van der Waals surface area contributed by atoms with Gasteiger partial charge < -0.3 is 14.3 Å². The minimum atomic E-state index is 0.0179. The lowest BCUT2D eigenvalue weighted by molar-refractivity contribution is -0.117. The lowest BCUT2D eigenvalue weighted by atomic mass is 9.96. The van der Waals surface area contributed by atoms with E-state index >= 15 is 0 Å². The third kappa shape index (κ3) is 2.67. The van der Waals surface area contributed by atoms with E-state index in [2.05, 4.69) is 6.08 Å². The van der Waals surface area contributed by atoms with E-state index in [-0.39, 0.29) is 18.0 Å². The van der Waals surface area contributed by atoms with Gasteiger partial charge in [-0.25, -0.2) is 0 Å². The fourth-order valence-electron chi connectivity index (χ4n) is 2.44. The van der Waals surface area contributed by atoms with E-state index in [4.69, 9.17) is 9.47 Å². The van der Waals surface area contributed by atoms with Crippen molar-refractivity contribution < 1.29 is 14.3 Å². The van der Waals surface area contributed by atoms with Crippen LogP contribution in [0.4, 0.5) is 0 Å². The average Bonchev–Trinajstić information content (AvgIpc) is 2.53. The molecule has 3 atom stereocenters. The molecule has 0 N–H and O–H groups in total. The van der Waals surface area contributed by atoms with Crippen LogP contribution in [0.15, 0.2) is 11.6 Å². The van der Waals surface area contributed by atoms with Gasteiger partial charge in [-0.3, -0.25) is 0 Å². The summed E-state index contributed by atoms with van der Waals surface area (Å²) in [6.07, 6.45) is 3.64. The Bertz CT molecular complexity index is 258. The highest BCUT2D eigenvalue weighted by Gasteiger charge is 2.38. The summed E-state index contributed by atoms with van der Waals surface area (Å²) in [6.45, 7) is 3.63. The molecule has 1 aliphatic carbocycles. The quantitative estimate of drug-likeness (QED) is 0.668. The number of Topliss-reactive ketones (excluding diaryl/α,β-unsaturated/α-hetero) is 1. The predicted octanol–water partition coefficient (Wildman–Crippen LogP) is 1.96.